The molecule has 0 aliphatic carbocycles. The van der Waals surface area contributed by atoms with Crippen LogP contribution >= 0.6 is 34.2 Å². The summed E-state index contributed by atoms with van der Waals surface area (Å²) in [7, 11) is 0. The summed E-state index contributed by atoms with van der Waals surface area (Å²) in [6.45, 7) is 3.86. The van der Waals surface area contributed by atoms with E-state index in [0.717, 1.165) is 20.7 Å². The number of halogens is 2. The fraction of sp³-hybridized carbons (Fsp3) is 0.250. The van der Waals surface area contributed by atoms with Crippen molar-refractivity contribution in [2.45, 2.75) is 13.8 Å². The van der Waals surface area contributed by atoms with Crippen molar-refractivity contribution in [1.29, 1.82) is 0 Å². The normalized spacial score (nSPS) is 11.1. The third kappa shape index (κ3) is 1.42. The zero-order valence-electron chi connectivity index (χ0n) is 7.17. The van der Waals surface area contributed by atoms with Gasteiger partial charge >= 0.3 is 0 Å². The molecule has 2 rings (SSSR count). The van der Waals surface area contributed by atoms with Gasteiger partial charge in [0, 0.05) is 6.20 Å². The first-order chi connectivity index (χ1) is 6.09. The van der Waals surface area contributed by atoms with Crippen LogP contribution in [-0.2, 0) is 0 Å². The molecule has 0 aliphatic rings. The highest BCUT2D eigenvalue weighted by molar-refractivity contribution is 14.1. The standard InChI is InChI=1S/C8H7ClIN3/c1-4-3-13-5(2)12-8(10)6(13)7(9)11-4/h3H,1-2H3. The van der Waals surface area contributed by atoms with Crippen molar-refractivity contribution in [3.05, 3.63) is 26.6 Å². The molecule has 0 aromatic carbocycles. The molecule has 13 heavy (non-hydrogen) atoms. The van der Waals surface area contributed by atoms with E-state index < -0.39 is 0 Å². The second-order valence-electron chi connectivity index (χ2n) is 2.84. The number of nitrogens with zero attached hydrogens (tertiary/aromatic N) is 3. The molecule has 5 heteroatoms. The molecule has 2 aromatic heterocycles. The Morgan fingerprint density at radius 3 is 2.77 bits per heavy atom. The maximum Gasteiger partial charge on any atom is 0.156 e. The minimum absolute atomic E-state index is 0.519. The maximum absolute atomic E-state index is 6.00. The fourth-order valence-electron chi connectivity index (χ4n) is 1.28. The molecule has 2 heterocycles. The summed E-state index contributed by atoms with van der Waals surface area (Å²) in [5.41, 5.74) is 1.79. The maximum atomic E-state index is 6.00. The van der Waals surface area contributed by atoms with Crippen LogP contribution in [0.4, 0.5) is 0 Å². The van der Waals surface area contributed by atoms with Crippen molar-refractivity contribution < 1.29 is 0 Å². The van der Waals surface area contributed by atoms with Crippen LogP contribution < -0.4 is 0 Å². The molecular weight excluding hydrogens is 300 g/mol. The van der Waals surface area contributed by atoms with Crippen molar-refractivity contribution in [2.75, 3.05) is 0 Å². The summed E-state index contributed by atoms with van der Waals surface area (Å²) < 4.78 is 2.86. The Morgan fingerprint density at radius 1 is 1.38 bits per heavy atom. The molecule has 0 saturated carbocycles. The monoisotopic (exact) mass is 307 g/mol. The number of imidazole rings is 1. The van der Waals surface area contributed by atoms with Gasteiger partial charge in [-0.3, -0.25) is 4.40 Å². The molecule has 0 amide bonds. The average Bonchev–Trinajstić information content (AvgIpc) is 2.27. The quantitative estimate of drug-likeness (QED) is 0.700. The Hall–Kier alpha value is -0.360. The Bertz CT molecular complexity index is 478. The smallest absolute Gasteiger partial charge is 0.156 e. The molecule has 0 N–H and O–H groups in total. The third-order valence-corrected chi connectivity index (χ3v) is 2.85. The molecule has 0 atom stereocenters. The molecule has 0 unspecified atom stereocenters. The minimum atomic E-state index is 0.519. The van der Waals surface area contributed by atoms with Crippen LogP contribution in [-0.4, -0.2) is 14.4 Å². The van der Waals surface area contributed by atoms with E-state index in [1.54, 1.807) is 0 Å². The summed E-state index contributed by atoms with van der Waals surface area (Å²) in [5.74, 6) is 0.937. The predicted molar refractivity (Wildman–Crippen MR) is 60.2 cm³/mol. The Morgan fingerprint density at radius 2 is 2.08 bits per heavy atom. The Labute approximate surface area is 94.3 Å². The van der Waals surface area contributed by atoms with E-state index >= 15 is 0 Å². The predicted octanol–water partition coefficient (Wildman–Crippen LogP) is 2.60. The average molecular weight is 308 g/mol. The van der Waals surface area contributed by atoms with Crippen molar-refractivity contribution in [3.63, 3.8) is 0 Å². The van der Waals surface area contributed by atoms with E-state index in [1.165, 1.54) is 0 Å². The van der Waals surface area contributed by atoms with E-state index in [9.17, 15) is 0 Å². The summed E-state index contributed by atoms with van der Waals surface area (Å²) in [6.07, 6.45) is 1.94. The van der Waals surface area contributed by atoms with Crippen LogP contribution in [0.2, 0.25) is 5.15 Å². The van der Waals surface area contributed by atoms with Gasteiger partial charge in [0.15, 0.2) is 5.15 Å². The molecule has 0 aliphatic heterocycles. The molecule has 0 saturated heterocycles. The Kier molecular flexibility index (Phi) is 2.19. The Balaban J connectivity index is 2.97. The van der Waals surface area contributed by atoms with Gasteiger partial charge in [-0.15, -0.1) is 0 Å². The topological polar surface area (TPSA) is 30.2 Å². The lowest BCUT2D eigenvalue weighted by Crippen LogP contribution is -1.93. The molecular formula is C8H7ClIN3. The number of aryl methyl sites for hydroxylation is 2. The van der Waals surface area contributed by atoms with Gasteiger partial charge in [-0.05, 0) is 36.4 Å². The molecule has 0 fully saturated rings. The lowest BCUT2D eigenvalue weighted by molar-refractivity contribution is 1.00. The highest BCUT2D eigenvalue weighted by Crippen LogP contribution is 2.22. The van der Waals surface area contributed by atoms with Crippen LogP contribution in [0.15, 0.2) is 6.20 Å². The van der Waals surface area contributed by atoms with Gasteiger partial charge in [0.05, 0.1) is 5.69 Å². The van der Waals surface area contributed by atoms with Crippen molar-refractivity contribution in [2.24, 2.45) is 0 Å². The largest absolute Gasteiger partial charge is 0.298 e. The van der Waals surface area contributed by atoms with Crippen LogP contribution in [0.3, 0.4) is 0 Å². The second-order valence-corrected chi connectivity index (χ2v) is 4.22. The second kappa shape index (κ2) is 3.09. The molecule has 68 valence electrons. The molecule has 3 nitrogen and oxygen atoms in total. The highest BCUT2D eigenvalue weighted by Gasteiger charge is 2.10. The first kappa shape index (κ1) is 9.21. The number of aromatic nitrogens is 3. The number of rotatable bonds is 0. The summed E-state index contributed by atoms with van der Waals surface area (Å²) in [6, 6.07) is 0. The lowest BCUT2D eigenvalue weighted by Gasteiger charge is -1.99. The first-order valence-electron chi connectivity index (χ1n) is 3.77. The van der Waals surface area contributed by atoms with Crippen LogP contribution in [0.5, 0.6) is 0 Å². The van der Waals surface area contributed by atoms with Crippen molar-refractivity contribution >= 4 is 39.7 Å². The molecule has 0 spiro atoms. The summed E-state index contributed by atoms with van der Waals surface area (Å²) in [4.78, 5) is 8.49. The molecule has 0 radical (unpaired) electrons. The van der Waals surface area contributed by atoms with Crippen LogP contribution in [0.1, 0.15) is 11.5 Å². The molecule has 2 aromatic rings. The van der Waals surface area contributed by atoms with E-state index in [1.807, 2.05) is 24.4 Å². The lowest BCUT2D eigenvalue weighted by atomic mass is 10.5. The summed E-state index contributed by atoms with van der Waals surface area (Å²) >= 11 is 8.16. The van der Waals surface area contributed by atoms with E-state index in [-0.39, 0.29) is 0 Å². The number of fused-ring (bicyclic) bond motifs is 1. The van der Waals surface area contributed by atoms with Gasteiger partial charge < -0.3 is 0 Å². The fourth-order valence-corrected chi connectivity index (χ4v) is 2.61. The van der Waals surface area contributed by atoms with Crippen LogP contribution in [0, 0.1) is 17.5 Å². The van der Waals surface area contributed by atoms with Crippen LogP contribution in [0.25, 0.3) is 5.52 Å². The van der Waals surface area contributed by atoms with E-state index in [0.29, 0.717) is 5.15 Å². The van der Waals surface area contributed by atoms with Crippen molar-refractivity contribution in [3.8, 4) is 0 Å². The zero-order chi connectivity index (χ0) is 9.59. The number of hydrogen-bond donors (Lipinski definition) is 0. The third-order valence-electron chi connectivity index (χ3n) is 1.83. The van der Waals surface area contributed by atoms with Gasteiger partial charge in [0.1, 0.15) is 15.0 Å². The van der Waals surface area contributed by atoms with Crippen molar-refractivity contribution in [1.82, 2.24) is 14.4 Å². The van der Waals surface area contributed by atoms with Gasteiger partial charge in [-0.25, -0.2) is 9.97 Å². The first-order valence-corrected chi connectivity index (χ1v) is 5.22. The number of hydrogen-bond acceptors (Lipinski definition) is 2. The minimum Gasteiger partial charge on any atom is -0.298 e. The van der Waals surface area contributed by atoms with E-state index in [4.69, 9.17) is 11.6 Å². The summed E-state index contributed by atoms with van der Waals surface area (Å²) in [5, 5.41) is 0.519. The molecule has 0 bridgehead atoms. The van der Waals surface area contributed by atoms with Gasteiger partial charge in [0.2, 0.25) is 0 Å². The highest BCUT2D eigenvalue weighted by atomic mass is 127. The van der Waals surface area contributed by atoms with Gasteiger partial charge in [-0.2, -0.15) is 0 Å². The van der Waals surface area contributed by atoms with Gasteiger partial charge in [0.25, 0.3) is 0 Å². The van der Waals surface area contributed by atoms with Gasteiger partial charge in [-0.1, -0.05) is 11.6 Å². The zero-order valence-corrected chi connectivity index (χ0v) is 10.1. The SMILES string of the molecule is Cc1cn2c(C)nc(I)c2c(Cl)n1. The van der Waals surface area contributed by atoms with E-state index in [2.05, 4.69) is 32.6 Å².